The highest BCUT2D eigenvalue weighted by Gasteiger charge is 2.48. The molecule has 2 atom stereocenters. The van der Waals surface area contributed by atoms with E-state index in [1.165, 1.54) is 0 Å². The number of aliphatic hydroxyl groups is 1. The van der Waals surface area contributed by atoms with Crippen LogP contribution >= 0.6 is 11.6 Å². The number of carbonyl (C=O) groups is 1. The molecule has 0 saturated carbocycles. The quantitative estimate of drug-likeness (QED) is 0.838. The van der Waals surface area contributed by atoms with Gasteiger partial charge in [0, 0.05) is 30.0 Å². The molecule has 1 amide bonds. The second kappa shape index (κ2) is 5.04. The lowest BCUT2D eigenvalue weighted by Crippen LogP contribution is -2.50. The van der Waals surface area contributed by atoms with Crippen LogP contribution in [-0.4, -0.2) is 29.3 Å². The highest BCUT2D eigenvalue weighted by Crippen LogP contribution is 2.41. The third kappa shape index (κ3) is 2.32. The van der Waals surface area contributed by atoms with Gasteiger partial charge in [0.05, 0.1) is 11.7 Å². The van der Waals surface area contributed by atoms with Crippen molar-refractivity contribution in [2.45, 2.75) is 38.3 Å². The lowest BCUT2D eigenvalue weighted by molar-refractivity contribution is -0.117. The van der Waals surface area contributed by atoms with Crippen LogP contribution in [0.2, 0.25) is 5.02 Å². The van der Waals surface area contributed by atoms with Crippen molar-refractivity contribution in [2.75, 3.05) is 6.61 Å². The van der Waals surface area contributed by atoms with Crippen LogP contribution in [0.15, 0.2) is 24.0 Å². The Morgan fingerprint density at radius 1 is 1.48 bits per heavy atom. The van der Waals surface area contributed by atoms with Crippen LogP contribution in [0.25, 0.3) is 5.57 Å². The van der Waals surface area contributed by atoms with E-state index in [4.69, 9.17) is 16.3 Å². The van der Waals surface area contributed by atoms with Gasteiger partial charge < -0.3 is 15.2 Å². The molecule has 1 aromatic carbocycles. The van der Waals surface area contributed by atoms with Crippen molar-refractivity contribution in [2.24, 2.45) is 0 Å². The van der Waals surface area contributed by atoms with Gasteiger partial charge in [0.1, 0.15) is 11.3 Å². The van der Waals surface area contributed by atoms with Gasteiger partial charge in [-0.2, -0.15) is 0 Å². The topological polar surface area (TPSA) is 58.6 Å². The first-order valence-electron chi connectivity index (χ1n) is 7.07. The van der Waals surface area contributed by atoms with Gasteiger partial charge >= 0.3 is 0 Å². The number of hydrogen-bond donors (Lipinski definition) is 2. The fourth-order valence-electron chi connectivity index (χ4n) is 3.17. The fourth-order valence-corrected chi connectivity index (χ4v) is 3.50. The molecule has 1 spiro atoms. The zero-order valence-corrected chi connectivity index (χ0v) is 12.8. The smallest absolute Gasteiger partial charge is 0.256 e. The van der Waals surface area contributed by atoms with Gasteiger partial charge in [-0.1, -0.05) is 23.7 Å². The predicted molar refractivity (Wildman–Crippen MR) is 81.3 cm³/mol. The molecule has 0 radical (unpaired) electrons. The van der Waals surface area contributed by atoms with E-state index in [1.54, 1.807) is 12.1 Å². The third-order valence-corrected chi connectivity index (χ3v) is 4.54. The van der Waals surface area contributed by atoms with E-state index in [0.717, 1.165) is 5.56 Å². The molecular weight excluding hydrogens is 290 g/mol. The van der Waals surface area contributed by atoms with E-state index in [2.05, 4.69) is 5.32 Å². The van der Waals surface area contributed by atoms with Gasteiger partial charge in [-0.05, 0) is 25.5 Å². The maximum absolute atomic E-state index is 12.4. The predicted octanol–water partition coefficient (Wildman–Crippen LogP) is 2.99. The number of hydrogen-bond acceptors (Lipinski definition) is 3. The summed E-state index contributed by atoms with van der Waals surface area (Å²) in [5.74, 6) is -0.180. The minimum absolute atomic E-state index is 0.00552. The van der Waals surface area contributed by atoms with Crippen LogP contribution in [0.1, 0.15) is 30.9 Å². The number of ether oxygens (including phenoxy) is 1. The van der Waals surface area contributed by atoms with Crippen molar-refractivity contribution in [3.63, 3.8) is 0 Å². The Morgan fingerprint density at radius 3 is 2.90 bits per heavy atom. The monoisotopic (exact) mass is 307 g/mol. The highest BCUT2D eigenvalue weighted by molar-refractivity contribution is 6.35. The number of rotatable bonds is 1. The van der Waals surface area contributed by atoms with E-state index < -0.39 is 5.54 Å². The van der Waals surface area contributed by atoms with Crippen molar-refractivity contribution in [1.82, 2.24) is 5.32 Å². The number of aliphatic hydroxyl groups excluding tert-OH is 1. The lowest BCUT2D eigenvalue weighted by Gasteiger charge is -2.36. The molecule has 1 aromatic rings. The molecule has 0 aromatic heterocycles. The Labute approximate surface area is 128 Å². The molecule has 0 bridgehead atoms. The van der Waals surface area contributed by atoms with Gasteiger partial charge in [0.2, 0.25) is 0 Å². The normalized spacial score (nSPS) is 29.1. The third-order valence-electron chi connectivity index (χ3n) is 4.23. The Hall–Kier alpha value is -1.52. The van der Waals surface area contributed by atoms with Crippen LogP contribution in [0.5, 0.6) is 0 Å². The Balaban J connectivity index is 2.08. The number of amides is 1. The van der Waals surface area contributed by atoms with Crippen LogP contribution in [0.4, 0.5) is 0 Å². The van der Waals surface area contributed by atoms with Gasteiger partial charge in [-0.25, -0.2) is 0 Å². The molecule has 21 heavy (non-hydrogen) atoms. The summed E-state index contributed by atoms with van der Waals surface area (Å²) in [6.45, 7) is 4.39. The first-order chi connectivity index (χ1) is 9.93. The van der Waals surface area contributed by atoms with Crippen molar-refractivity contribution in [3.8, 4) is 0 Å². The summed E-state index contributed by atoms with van der Waals surface area (Å²) < 4.78 is 5.52. The minimum Gasteiger partial charge on any atom is -0.509 e. The zero-order chi connectivity index (χ0) is 15.2. The molecule has 0 aliphatic carbocycles. The van der Waals surface area contributed by atoms with E-state index in [9.17, 15) is 9.90 Å². The maximum atomic E-state index is 12.4. The summed E-state index contributed by atoms with van der Waals surface area (Å²) in [6, 6.07) is 5.46. The minimum atomic E-state index is -0.710. The molecule has 2 N–H and O–H groups in total. The summed E-state index contributed by atoms with van der Waals surface area (Å²) in [5, 5.41) is 14.1. The van der Waals surface area contributed by atoms with Crippen LogP contribution < -0.4 is 5.32 Å². The number of carbonyl (C=O) groups excluding carboxylic acids is 1. The number of nitrogens with one attached hydrogen (secondary N) is 1. The Morgan fingerprint density at radius 2 is 2.24 bits per heavy atom. The largest absolute Gasteiger partial charge is 0.509 e. The van der Waals surface area contributed by atoms with E-state index in [1.807, 2.05) is 19.9 Å². The van der Waals surface area contributed by atoms with Crippen molar-refractivity contribution in [3.05, 3.63) is 40.1 Å². The molecule has 2 aliphatic heterocycles. The number of aryl methyl sites for hydroxylation is 1. The first-order valence-corrected chi connectivity index (χ1v) is 7.45. The summed E-state index contributed by atoms with van der Waals surface area (Å²) >= 11 is 6.25. The molecule has 112 valence electrons. The standard InChI is InChI=1S/C16H18ClNO3/c1-9-3-4-11(12(17)7-9)13-14(19)16(18-15(13)20)5-6-21-10(2)8-16/h3-4,7,10,19H,5-6,8H2,1-2H3,(H,18,20). The fraction of sp³-hybridized carbons (Fsp3) is 0.438. The molecule has 2 heterocycles. The van der Waals surface area contributed by atoms with E-state index >= 15 is 0 Å². The molecule has 4 nitrogen and oxygen atoms in total. The highest BCUT2D eigenvalue weighted by atomic mass is 35.5. The van der Waals surface area contributed by atoms with Gasteiger partial charge in [-0.15, -0.1) is 0 Å². The molecular formula is C16H18ClNO3. The average Bonchev–Trinajstić information content (AvgIpc) is 2.62. The average molecular weight is 308 g/mol. The Bertz CT molecular complexity index is 640. The lowest BCUT2D eigenvalue weighted by atomic mass is 9.85. The van der Waals surface area contributed by atoms with Crippen molar-refractivity contribution < 1.29 is 14.6 Å². The molecule has 3 rings (SSSR count). The zero-order valence-electron chi connectivity index (χ0n) is 12.1. The summed E-state index contributed by atoms with van der Waals surface area (Å²) in [6.07, 6.45) is 1.13. The first kappa shape index (κ1) is 14.4. The maximum Gasteiger partial charge on any atom is 0.256 e. The SMILES string of the molecule is Cc1ccc(C2=C(O)C3(CCOC(C)C3)NC2=O)c(Cl)c1. The molecule has 1 saturated heterocycles. The Kier molecular flexibility index (Phi) is 3.46. The molecule has 5 heteroatoms. The van der Waals surface area contributed by atoms with Gasteiger partial charge in [0.25, 0.3) is 5.91 Å². The van der Waals surface area contributed by atoms with E-state index in [0.29, 0.717) is 30.0 Å². The molecule has 2 unspecified atom stereocenters. The summed E-state index contributed by atoms with van der Waals surface area (Å²) in [7, 11) is 0. The molecule has 1 fully saturated rings. The summed E-state index contributed by atoms with van der Waals surface area (Å²) in [4.78, 5) is 12.4. The summed E-state index contributed by atoms with van der Waals surface area (Å²) in [5.41, 5.74) is 1.16. The number of halogens is 1. The van der Waals surface area contributed by atoms with Gasteiger partial charge in [-0.3, -0.25) is 4.79 Å². The van der Waals surface area contributed by atoms with Crippen molar-refractivity contribution >= 4 is 23.1 Å². The van der Waals surface area contributed by atoms with Crippen LogP contribution in [0.3, 0.4) is 0 Å². The second-order valence-corrected chi connectivity index (χ2v) is 6.29. The van der Waals surface area contributed by atoms with Crippen molar-refractivity contribution in [1.29, 1.82) is 0 Å². The molecule has 2 aliphatic rings. The van der Waals surface area contributed by atoms with Crippen LogP contribution in [0, 0.1) is 6.92 Å². The van der Waals surface area contributed by atoms with Crippen LogP contribution in [-0.2, 0) is 9.53 Å². The second-order valence-electron chi connectivity index (χ2n) is 5.88. The number of benzene rings is 1. The van der Waals surface area contributed by atoms with E-state index in [-0.39, 0.29) is 23.3 Å². The van der Waals surface area contributed by atoms with Gasteiger partial charge in [0.15, 0.2) is 0 Å².